The average Bonchev–Trinajstić information content (AvgIpc) is 3.83. The van der Waals surface area contributed by atoms with Gasteiger partial charge in [-0.25, -0.2) is 18.7 Å². The van der Waals surface area contributed by atoms with Crippen LogP contribution >= 0.6 is 0 Å². The second-order valence-electron chi connectivity index (χ2n) is 12.2. The molecule has 0 fully saturated rings. The zero-order chi connectivity index (χ0) is 38.7. The average molecular weight is 759 g/mol. The summed E-state index contributed by atoms with van der Waals surface area (Å²) in [5.41, 5.74) is 2.12. The predicted molar refractivity (Wildman–Crippen MR) is 194 cm³/mol. The molecule has 2 aromatic heterocycles. The number of nitrogens with zero attached hydrogens (tertiary/aromatic N) is 4. The fraction of sp³-hybridized carbons (Fsp3) is 0.158. The summed E-state index contributed by atoms with van der Waals surface area (Å²) < 4.78 is 88.4. The fourth-order valence-electron chi connectivity index (χ4n) is 5.31. The molecule has 8 rings (SSSR count). The van der Waals surface area contributed by atoms with Crippen molar-refractivity contribution in [2.45, 2.75) is 26.9 Å². The number of hydrogen-bond acceptors (Lipinski definition) is 12. The monoisotopic (exact) mass is 758 g/mol. The fourth-order valence-corrected chi connectivity index (χ4v) is 5.31. The summed E-state index contributed by atoms with van der Waals surface area (Å²) in [4.78, 5) is 17.0. The topological polar surface area (TPSA) is 137 Å². The van der Waals surface area contributed by atoms with Gasteiger partial charge in [0.15, 0.2) is 28.8 Å². The Morgan fingerprint density at radius 1 is 0.545 bits per heavy atom. The molecule has 4 aromatic carbocycles. The van der Waals surface area contributed by atoms with Crippen LogP contribution in [-0.2, 0) is 6.18 Å². The van der Waals surface area contributed by atoms with E-state index in [0.717, 1.165) is 17.3 Å². The van der Waals surface area contributed by atoms with Crippen LogP contribution in [0, 0.1) is 32.4 Å². The Bertz CT molecular complexity index is 2380. The Hall–Kier alpha value is -6.91. The van der Waals surface area contributed by atoms with Crippen molar-refractivity contribution in [1.29, 1.82) is 0 Å². The van der Waals surface area contributed by atoms with E-state index < -0.39 is 17.6 Å². The molecule has 0 amide bonds. The first-order chi connectivity index (χ1) is 26.4. The lowest BCUT2D eigenvalue weighted by Crippen LogP contribution is -2.10. The van der Waals surface area contributed by atoms with Crippen molar-refractivity contribution in [1.82, 2.24) is 19.9 Å². The standard InChI is InChI=1S/C19H14F4N4O2.C19H17FN4O2/c1-10-8-24-18(26-13-4-2-3-12(16(13)20)19(21,22)23)27-17(10)25-11-5-6-14-15(7-11)29-9-28-14;1-11-4-3-5-14(17(11)20)23-18-12(2)9-21-19(24-18)22-13-6-7-15-16(8-13)26-10-25-15/h2-8H,9H2,1H3,(H2,24,25,26,27);3-9H,10H2,1-2H3,(H2,21,22,23,24). The van der Waals surface area contributed by atoms with E-state index in [2.05, 4.69) is 41.2 Å². The van der Waals surface area contributed by atoms with Crippen LogP contribution in [0.1, 0.15) is 22.3 Å². The van der Waals surface area contributed by atoms with Crippen molar-refractivity contribution in [3.8, 4) is 23.0 Å². The van der Waals surface area contributed by atoms with Crippen molar-refractivity contribution >= 4 is 46.3 Å². The maximum atomic E-state index is 14.2. The summed E-state index contributed by atoms with van der Waals surface area (Å²) in [6.07, 6.45) is -1.66. The van der Waals surface area contributed by atoms with Crippen LogP contribution in [0.4, 0.5) is 68.2 Å². The van der Waals surface area contributed by atoms with Crippen LogP contribution in [0.5, 0.6) is 23.0 Å². The Morgan fingerprint density at radius 2 is 1.05 bits per heavy atom. The third-order valence-corrected chi connectivity index (χ3v) is 8.20. The maximum absolute atomic E-state index is 14.2. The Balaban J connectivity index is 0.000000170. The van der Waals surface area contributed by atoms with Gasteiger partial charge >= 0.3 is 6.18 Å². The highest BCUT2D eigenvalue weighted by atomic mass is 19.4. The third-order valence-electron chi connectivity index (χ3n) is 8.20. The van der Waals surface area contributed by atoms with E-state index in [0.29, 0.717) is 69.2 Å². The molecule has 6 aromatic rings. The largest absolute Gasteiger partial charge is 0.454 e. The number of hydrogen-bond donors (Lipinski definition) is 4. The Labute approximate surface area is 310 Å². The van der Waals surface area contributed by atoms with E-state index in [-0.39, 0.29) is 31.0 Å². The van der Waals surface area contributed by atoms with E-state index in [1.165, 1.54) is 12.3 Å². The molecule has 4 N–H and O–H groups in total. The summed E-state index contributed by atoms with van der Waals surface area (Å²) >= 11 is 0. The van der Waals surface area contributed by atoms with Gasteiger partial charge in [0.2, 0.25) is 25.5 Å². The molecule has 0 unspecified atom stereocenters. The minimum absolute atomic E-state index is 0.0583. The summed E-state index contributed by atoms with van der Waals surface area (Å²) in [5, 5.41) is 11.7. The molecule has 0 spiro atoms. The molecule has 0 aliphatic carbocycles. The Kier molecular flexibility index (Phi) is 10.1. The number of fused-ring (bicyclic) bond motifs is 2. The van der Waals surface area contributed by atoms with Crippen LogP contribution in [0.15, 0.2) is 85.2 Å². The first-order valence-electron chi connectivity index (χ1n) is 16.6. The van der Waals surface area contributed by atoms with Gasteiger partial charge in [-0.15, -0.1) is 0 Å². The zero-order valence-electron chi connectivity index (χ0n) is 29.3. The lowest BCUT2D eigenvalue weighted by molar-refractivity contribution is -0.139. The maximum Gasteiger partial charge on any atom is 0.419 e. The number of alkyl halides is 3. The predicted octanol–water partition coefficient (Wildman–Crippen LogP) is 9.61. The molecule has 0 radical (unpaired) electrons. The normalized spacial score (nSPS) is 12.4. The van der Waals surface area contributed by atoms with Crippen molar-refractivity contribution < 1.29 is 40.9 Å². The minimum Gasteiger partial charge on any atom is -0.454 e. The number of anilines is 8. The lowest BCUT2D eigenvalue weighted by Gasteiger charge is -2.14. The highest BCUT2D eigenvalue weighted by Crippen LogP contribution is 2.37. The highest BCUT2D eigenvalue weighted by Gasteiger charge is 2.35. The molecule has 55 heavy (non-hydrogen) atoms. The van der Waals surface area contributed by atoms with Gasteiger partial charge in [0.25, 0.3) is 0 Å². The minimum atomic E-state index is -4.80. The van der Waals surface area contributed by atoms with Gasteiger partial charge in [-0.2, -0.15) is 23.1 Å². The third kappa shape index (κ3) is 8.35. The number of benzene rings is 4. The summed E-state index contributed by atoms with van der Waals surface area (Å²) in [5.74, 6) is 2.12. The number of nitrogens with one attached hydrogen (secondary N) is 4. The molecule has 0 atom stereocenters. The number of aryl methyl sites for hydroxylation is 3. The molecule has 282 valence electrons. The van der Waals surface area contributed by atoms with Crippen molar-refractivity contribution in [2.24, 2.45) is 0 Å². The molecule has 17 heteroatoms. The molecule has 0 saturated carbocycles. The van der Waals surface area contributed by atoms with Crippen molar-refractivity contribution in [3.05, 3.63) is 119 Å². The van der Waals surface area contributed by atoms with Crippen LogP contribution in [-0.4, -0.2) is 33.5 Å². The number of halogens is 5. The van der Waals surface area contributed by atoms with E-state index in [1.54, 1.807) is 56.4 Å². The molecule has 2 aliphatic heterocycles. The van der Waals surface area contributed by atoms with Crippen LogP contribution in [0.3, 0.4) is 0 Å². The molecule has 12 nitrogen and oxygen atoms in total. The number of ether oxygens (including phenoxy) is 4. The van der Waals surface area contributed by atoms with Crippen LogP contribution < -0.4 is 40.2 Å². The summed E-state index contributed by atoms with van der Waals surface area (Å²) in [6.45, 7) is 5.70. The quantitative estimate of drug-likeness (QED) is 0.110. The van der Waals surface area contributed by atoms with Crippen LogP contribution in [0.2, 0.25) is 0 Å². The number of aromatic nitrogens is 4. The zero-order valence-corrected chi connectivity index (χ0v) is 29.3. The molecule has 0 bridgehead atoms. The second-order valence-corrected chi connectivity index (χ2v) is 12.2. The SMILES string of the molecule is Cc1cnc(Nc2ccc3c(c2)OCO3)nc1Nc1cccc(C)c1F.Cc1cnc(Nc2cccc(C(F)(F)F)c2F)nc1Nc1ccc2c(c1)OCO2. The smallest absolute Gasteiger partial charge is 0.419 e. The summed E-state index contributed by atoms with van der Waals surface area (Å²) in [6, 6.07) is 18.9. The van der Waals surface area contributed by atoms with Crippen LogP contribution in [0.25, 0.3) is 0 Å². The molecule has 2 aliphatic rings. The molecule has 4 heterocycles. The van der Waals surface area contributed by atoms with E-state index in [9.17, 15) is 22.0 Å². The second kappa shape index (κ2) is 15.2. The van der Waals surface area contributed by atoms with Gasteiger partial charge in [-0.05, 0) is 68.8 Å². The van der Waals surface area contributed by atoms with Gasteiger partial charge in [0, 0.05) is 47.0 Å². The van der Waals surface area contributed by atoms with Crippen molar-refractivity contribution in [2.75, 3.05) is 34.9 Å². The summed E-state index contributed by atoms with van der Waals surface area (Å²) in [7, 11) is 0. The van der Waals surface area contributed by atoms with Gasteiger partial charge in [0.1, 0.15) is 17.5 Å². The first kappa shape index (κ1) is 36.4. The van der Waals surface area contributed by atoms with Gasteiger partial charge in [-0.3, -0.25) is 0 Å². The first-order valence-corrected chi connectivity index (χ1v) is 16.6. The van der Waals surface area contributed by atoms with Gasteiger partial charge < -0.3 is 40.2 Å². The Morgan fingerprint density at radius 3 is 1.65 bits per heavy atom. The van der Waals surface area contributed by atoms with E-state index in [4.69, 9.17) is 18.9 Å². The van der Waals surface area contributed by atoms with Crippen molar-refractivity contribution in [3.63, 3.8) is 0 Å². The van der Waals surface area contributed by atoms with Gasteiger partial charge in [-0.1, -0.05) is 18.2 Å². The molecular formula is C38H31F5N8O4. The number of rotatable bonds is 8. The van der Waals surface area contributed by atoms with Gasteiger partial charge in [0.05, 0.1) is 16.9 Å². The van der Waals surface area contributed by atoms with E-state index in [1.807, 2.05) is 25.1 Å². The highest BCUT2D eigenvalue weighted by molar-refractivity contribution is 5.67. The molecule has 0 saturated heterocycles. The lowest BCUT2D eigenvalue weighted by atomic mass is 10.2. The molecular weight excluding hydrogens is 727 g/mol. The van der Waals surface area contributed by atoms with E-state index >= 15 is 0 Å².